The van der Waals surface area contributed by atoms with Crippen molar-refractivity contribution in [2.24, 2.45) is 5.92 Å². The first-order valence-corrected chi connectivity index (χ1v) is 8.86. The maximum atomic E-state index is 10.7. The van der Waals surface area contributed by atoms with Gasteiger partial charge in [-0.2, -0.15) is 0 Å². The Hall–Kier alpha value is -2.73. The van der Waals surface area contributed by atoms with Gasteiger partial charge in [-0.15, -0.1) is 0 Å². The monoisotopic (exact) mass is 352 g/mol. The minimum absolute atomic E-state index is 0.668. The summed E-state index contributed by atoms with van der Waals surface area (Å²) in [6.45, 7) is 3.21. The summed E-state index contributed by atoms with van der Waals surface area (Å²) >= 11 is 0. The van der Waals surface area contributed by atoms with E-state index in [0.29, 0.717) is 5.92 Å². The molecule has 1 fully saturated rings. The zero-order valence-corrected chi connectivity index (χ0v) is 14.9. The summed E-state index contributed by atoms with van der Waals surface area (Å²) in [6.07, 6.45) is 8.57. The lowest BCUT2D eigenvalue weighted by atomic mass is 9.97. The Morgan fingerprint density at radius 3 is 2.92 bits per heavy atom. The van der Waals surface area contributed by atoms with E-state index in [1.807, 2.05) is 24.3 Å². The molecule has 0 amide bonds. The van der Waals surface area contributed by atoms with Gasteiger partial charge in [0.2, 0.25) is 0 Å². The van der Waals surface area contributed by atoms with Gasteiger partial charge in [-0.1, -0.05) is 18.2 Å². The average Bonchev–Trinajstić information content (AvgIpc) is 2.66. The topological polar surface area (TPSA) is 78.4 Å². The molecular weight excluding hydrogens is 328 g/mol. The summed E-state index contributed by atoms with van der Waals surface area (Å²) in [7, 11) is 2.17. The molecular formula is C20H24N4O2. The molecule has 0 atom stereocenters. The summed E-state index contributed by atoms with van der Waals surface area (Å²) in [6, 6.07) is 7.60. The lowest BCUT2D eigenvalue weighted by molar-refractivity contribution is -0.131. The van der Waals surface area contributed by atoms with E-state index in [2.05, 4.69) is 27.2 Å². The Kier molecular flexibility index (Phi) is 5.96. The number of rotatable bonds is 6. The molecule has 0 unspecified atom stereocenters. The third-order valence-corrected chi connectivity index (χ3v) is 4.65. The Labute approximate surface area is 153 Å². The predicted octanol–water partition coefficient (Wildman–Crippen LogP) is 3.00. The molecule has 0 bridgehead atoms. The summed E-state index contributed by atoms with van der Waals surface area (Å²) in [5, 5.41) is 12.2. The van der Waals surface area contributed by atoms with Crippen LogP contribution in [-0.4, -0.2) is 52.6 Å². The number of hydrogen-bond donors (Lipinski definition) is 2. The fourth-order valence-electron chi connectivity index (χ4n) is 3.07. The smallest absolute Gasteiger partial charge is 0.328 e. The van der Waals surface area contributed by atoms with Crippen LogP contribution in [0.15, 0.2) is 42.7 Å². The Bertz CT molecular complexity index is 783. The number of nitrogens with one attached hydrogen (secondary N) is 1. The van der Waals surface area contributed by atoms with E-state index >= 15 is 0 Å². The molecule has 136 valence electrons. The number of benzene rings is 1. The highest BCUT2D eigenvalue weighted by atomic mass is 16.4. The first kappa shape index (κ1) is 18.1. The molecule has 0 saturated carbocycles. The van der Waals surface area contributed by atoms with Gasteiger partial charge in [-0.3, -0.25) is 4.98 Å². The van der Waals surface area contributed by atoms with E-state index in [1.54, 1.807) is 18.5 Å². The van der Waals surface area contributed by atoms with Gasteiger partial charge >= 0.3 is 5.97 Å². The fourth-order valence-corrected chi connectivity index (χ4v) is 3.07. The maximum absolute atomic E-state index is 10.7. The maximum Gasteiger partial charge on any atom is 0.328 e. The number of carboxylic acids is 1. The van der Waals surface area contributed by atoms with E-state index in [4.69, 9.17) is 5.11 Å². The second kappa shape index (κ2) is 8.58. The molecule has 2 heterocycles. The summed E-state index contributed by atoms with van der Waals surface area (Å²) in [4.78, 5) is 22.0. The largest absolute Gasteiger partial charge is 0.478 e. The van der Waals surface area contributed by atoms with E-state index < -0.39 is 5.97 Å². The van der Waals surface area contributed by atoms with Gasteiger partial charge in [-0.05, 0) is 56.6 Å². The van der Waals surface area contributed by atoms with Gasteiger partial charge in [0.15, 0.2) is 0 Å². The van der Waals surface area contributed by atoms with Crippen molar-refractivity contribution in [1.82, 2.24) is 14.9 Å². The van der Waals surface area contributed by atoms with Crippen LogP contribution in [0.3, 0.4) is 0 Å². The number of carbonyl (C=O) groups is 1. The number of anilines is 1. The number of likely N-dealkylation sites (tertiary alicyclic amines) is 1. The van der Waals surface area contributed by atoms with Crippen LogP contribution in [0, 0.1) is 5.92 Å². The van der Waals surface area contributed by atoms with Crippen molar-refractivity contribution < 1.29 is 9.90 Å². The number of nitrogens with zero attached hydrogens (tertiary/aromatic N) is 3. The van der Waals surface area contributed by atoms with Crippen LogP contribution in [0.1, 0.15) is 18.4 Å². The van der Waals surface area contributed by atoms with Crippen LogP contribution in [0.4, 0.5) is 5.82 Å². The molecule has 2 N–H and O–H groups in total. The predicted molar refractivity (Wildman–Crippen MR) is 103 cm³/mol. The highest BCUT2D eigenvalue weighted by Crippen LogP contribution is 2.21. The average molecular weight is 352 g/mol. The van der Waals surface area contributed by atoms with Crippen LogP contribution in [0.5, 0.6) is 0 Å². The second-order valence-corrected chi connectivity index (χ2v) is 6.71. The summed E-state index contributed by atoms with van der Waals surface area (Å²) < 4.78 is 0. The first-order chi connectivity index (χ1) is 12.6. The standard InChI is InChI=1S/C20H24N4O2/c1-24-9-7-16(8-10-24)12-22-19-14-21-13-18(23-19)17-4-2-3-15(11-17)5-6-20(25)26/h2-6,11,13-14,16H,7-10,12H2,1H3,(H,22,23)(H,25,26). The van der Waals surface area contributed by atoms with Gasteiger partial charge < -0.3 is 15.3 Å². The molecule has 1 aliphatic rings. The SMILES string of the molecule is CN1CCC(CNc2cncc(-c3cccc(C=CC(=O)O)c3)n2)CC1. The van der Waals surface area contributed by atoms with Gasteiger partial charge in [0, 0.05) is 18.2 Å². The number of hydrogen-bond acceptors (Lipinski definition) is 5. The van der Waals surface area contributed by atoms with Crippen LogP contribution >= 0.6 is 0 Å². The number of carboxylic acid groups (broad SMARTS) is 1. The van der Waals surface area contributed by atoms with Crippen LogP contribution < -0.4 is 5.32 Å². The van der Waals surface area contributed by atoms with Crippen LogP contribution in [0.25, 0.3) is 17.3 Å². The second-order valence-electron chi connectivity index (χ2n) is 6.71. The first-order valence-electron chi connectivity index (χ1n) is 8.86. The van der Waals surface area contributed by atoms with E-state index in [0.717, 1.165) is 48.3 Å². The third kappa shape index (κ3) is 5.13. The van der Waals surface area contributed by atoms with Crippen molar-refractivity contribution >= 4 is 17.9 Å². The highest BCUT2D eigenvalue weighted by Gasteiger charge is 2.16. The van der Waals surface area contributed by atoms with Gasteiger partial charge in [0.05, 0.1) is 18.1 Å². The van der Waals surface area contributed by atoms with Crippen molar-refractivity contribution in [3.63, 3.8) is 0 Å². The summed E-state index contributed by atoms with van der Waals surface area (Å²) in [5.41, 5.74) is 2.49. The molecule has 0 radical (unpaired) electrons. The molecule has 6 heteroatoms. The molecule has 0 aliphatic carbocycles. The van der Waals surface area contributed by atoms with Crippen molar-refractivity contribution in [2.75, 3.05) is 32.0 Å². The molecule has 1 aliphatic heterocycles. The van der Waals surface area contributed by atoms with Gasteiger partial charge in [0.25, 0.3) is 0 Å². The molecule has 1 aromatic heterocycles. The van der Waals surface area contributed by atoms with Crippen molar-refractivity contribution in [1.29, 1.82) is 0 Å². The van der Waals surface area contributed by atoms with E-state index in [1.165, 1.54) is 12.8 Å². The minimum atomic E-state index is -0.963. The quantitative estimate of drug-likeness (QED) is 0.778. The Morgan fingerprint density at radius 2 is 2.15 bits per heavy atom. The van der Waals surface area contributed by atoms with Gasteiger partial charge in [0.1, 0.15) is 5.82 Å². The molecule has 26 heavy (non-hydrogen) atoms. The van der Waals surface area contributed by atoms with E-state index in [-0.39, 0.29) is 0 Å². The van der Waals surface area contributed by atoms with E-state index in [9.17, 15) is 4.79 Å². The van der Waals surface area contributed by atoms with Crippen LogP contribution in [-0.2, 0) is 4.79 Å². The Morgan fingerprint density at radius 1 is 1.35 bits per heavy atom. The molecule has 6 nitrogen and oxygen atoms in total. The normalized spacial score (nSPS) is 16.0. The zero-order valence-electron chi connectivity index (χ0n) is 14.9. The number of piperidine rings is 1. The third-order valence-electron chi connectivity index (χ3n) is 4.65. The minimum Gasteiger partial charge on any atom is -0.478 e. The van der Waals surface area contributed by atoms with Gasteiger partial charge in [-0.25, -0.2) is 9.78 Å². The number of aromatic nitrogens is 2. The Balaban J connectivity index is 1.67. The van der Waals surface area contributed by atoms with Crippen molar-refractivity contribution in [3.8, 4) is 11.3 Å². The number of aliphatic carboxylic acids is 1. The summed E-state index contributed by atoms with van der Waals surface area (Å²) in [5.74, 6) is 0.476. The molecule has 0 spiro atoms. The molecule has 3 rings (SSSR count). The molecule has 1 aromatic carbocycles. The van der Waals surface area contributed by atoms with Crippen molar-refractivity contribution in [2.45, 2.75) is 12.8 Å². The lowest BCUT2D eigenvalue weighted by Gasteiger charge is -2.29. The lowest BCUT2D eigenvalue weighted by Crippen LogP contribution is -2.33. The molecule has 1 saturated heterocycles. The highest BCUT2D eigenvalue weighted by molar-refractivity contribution is 5.85. The molecule has 2 aromatic rings. The van der Waals surface area contributed by atoms with Crippen LogP contribution in [0.2, 0.25) is 0 Å². The fraction of sp³-hybridized carbons (Fsp3) is 0.350. The van der Waals surface area contributed by atoms with Crippen molar-refractivity contribution in [3.05, 3.63) is 48.3 Å². The zero-order chi connectivity index (χ0) is 18.4.